The van der Waals surface area contributed by atoms with Gasteiger partial charge >= 0.3 is 0 Å². The number of nitrogens with one attached hydrogen (secondary N) is 1. The zero-order valence-corrected chi connectivity index (χ0v) is 14.6. The van der Waals surface area contributed by atoms with Gasteiger partial charge in [-0.25, -0.2) is 0 Å². The molecule has 1 amide bonds. The molecule has 1 aromatic carbocycles. The molecule has 0 atom stereocenters. The molecule has 1 aliphatic rings. The van der Waals surface area contributed by atoms with Gasteiger partial charge in [-0.05, 0) is 43.4 Å². The lowest BCUT2D eigenvalue weighted by Crippen LogP contribution is -2.11. The summed E-state index contributed by atoms with van der Waals surface area (Å²) in [4.78, 5) is 14.6. The number of fused-ring (bicyclic) bond motifs is 1. The second kappa shape index (κ2) is 6.81. The molecule has 2 aromatic rings. The molecular formula is C17H18ClNO3S. The van der Waals surface area contributed by atoms with Crippen LogP contribution in [0.5, 0.6) is 11.5 Å². The van der Waals surface area contributed by atoms with Crippen LogP contribution in [0.1, 0.15) is 33.0 Å². The Balaban J connectivity index is 1.85. The first-order valence-electron chi connectivity index (χ1n) is 7.47. The molecule has 4 nitrogen and oxygen atoms in total. The molecule has 122 valence electrons. The average Bonchev–Trinajstić information content (AvgIpc) is 2.99. The number of hydrogen-bond donors (Lipinski definition) is 1. The standard InChI is InChI=1S/C17H18ClNO3S/c1-21-13-9-14(22-2)12(8-11(13)18)19-17(20)16-7-10-5-3-4-6-15(10)23-16/h7-9H,3-6H2,1-2H3,(H,19,20). The maximum absolute atomic E-state index is 12.5. The minimum Gasteiger partial charge on any atom is -0.495 e. The summed E-state index contributed by atoms with van der Waals surface area (Å²) in [6.45, 7) is 0. The van der Waals surface area contributed by atoms with Crippen molar-refractivity contribution in [2.75, 3.05) is 19.5 Å². The summed E-state index contributed by atoms with van der Waals surface area (Å²) >= 11 is 7.72. The van der Waals surface area contributed by atoms with E-state index in [2.05, 4.69) is 5.32 Å². The van der Waals surface area contributed by atoms with Gasteiger partial charge in [0.15, 0.2) is 0 Å². The van der Waals surface area contributed by atoms with Crippen LogP contribution < -0.4 is 14.8 Å². The van der Waals surface area contributed by atoms with Crippen molar-refractivity contribution >= 4 is 34.5 Å². The molecule has 0 saturated heterocycles. The highest BCUT2D eigenvalue weighted by atomic mass is 35.5. The first kappa shape index (κ1) is 16.1. The molecule has 1 aromatic heterocycles. The fourth-order valence-corrected chi connectivity index (χ4v) is 4.13. The van der Waals surface area contributed by atoms with E-state index in [-0.39, 0.29) is 5.91 Å². The van der Waals surface area contributed by atoms with Gasteiger partial charge in [-0.3, -0.25) is 4.79 Å². The zero-order valence-electron chi connectivity index (χ0n) is 13.1. The maximum atomic E-state index is 12.5. The number of methoxy groups -OCH3 is 2. The highest BCUT2D eigenvalue weighted by Gasteiger charge is 2.19. The largest absolute Gasteiger partial charge is 0.495 e. The van der Waals surface area contributed by atoms with Crippen LogP contribution in [0, 0.1) is 0 Å². The van der Waals surface area contributed by atoms with Crippen LogP contribution in [0.4, 0.5) is 5.69 Å². The lowest BCUT2D eigenvalue weighted by Gasteiger charge is -2.12. The third kappa shape index (κ3) is 3.31. The molecule has 6 heteroatoms. The first-order valence-corrected chi connectivity index (χ1v) is 8.66. The predicted octanol–water partition coefficient (Wildman–Crippen LogP) is 4.55. The van der Waals surface area contributed by atoms with Crippen LogP contribution >= 0.6 is 22.9 Å². The minimum atomic E-state index is -0.135. The topological polar surface area (TPSA) is 47.6 Å². The van der Waals surface area contributed by atoms with Gasteiger partial charge in [-0.2, -0.15) is 0 Å². The molecule has 0 bridgehead atoms. The van der Waals surface area contributed by atoms with E-state index in [1.807, 2.05) is 6.07 Å². The lowest BCUT2D eigenvalue weighted by atomic mass is 9.99. The summed E-state index contributed by atoms with van der Waals surface area (Å²) in [6, 6.07) is 5.31. The quantitative estimate of drug-likeness (QED) is 0.879. The Hall–Kier alpha value is -1.72. The molecule has 0 radical (unpaired) electrons. The Bertz CT molecular complexity index is 718. The Morgan fingerprint density at radius 1 is 1.13 bits per heavy atom. The first-order chi connectivity index (χ1) is 11.1. The van der Waals surface area contributed by atoms with Gasteiger partial charge in [0.05, 0.1) is 29.8 Å². The summed E-state index contributed by atoms with van der Waals surface area (Å²) in [5.74, 6) is 0.887. The van der Waals surface area contributed by atoms with Crippen LogP contribution in [0.3, 0.4) is 0 Å². The third-order valence-electron chi connectivity index (χ3n) is 3.94. The molecule has 0 fully saturated rings. The highest BCUT2D eigenvalue weighted by Crippen LogP contribution is 2.37. The van der Waals surface area contributed by atoms with Crippen molar-refractivity contribution in [1.82, 2.24) is 0 Å². The van der Waals surface area contributed by atoms with E-state index in [0.29, 0.717) is 22.2 Å². The molecule has 3 rings (SSSR count). The minimum absolute atomic E-state index is 0.135. The number of carbonyl (C=O) groups excluding carboxylic acids is 1. The molecule has 23 heavy (non-hydrogen) atoms. The molecule has 1 N–H and O–H groups in total. The van der Waals surface area contributed by atoms with Gasteiger partial charge in [0.25, 0.3) is 5.91 Å². The van der Waals surface area contributed by atoms with E-state index in [4.69, 9.17) is 21.1 Å². The SMILES string of the molecule is COc1cc(OC)c(NC(=O)c2cc3c(s2)CCCC3)cc1Cl. The van der Waals surface area contributed by atoms with Gasteiger partial charge in [-0.15, -0.1) is 11.3 Å². The number of ether oxygens (including phenoxy) is 2. The zero-order chi connectivity index (χ0) is 16.4. The fraction of sp³-hybridized carbons (Fsp3) is 0.353. The summed E-state index contributed by atoms with van der Waals surface area (Å²) in [7, 11) is 3.08. The van der Waals surface area contributed by atoms with Gasteiger partial charge in [0.1, 0.15) is 11.5 Å². The van der Waals surface area contributed by atoms with Crippen LogP contribution in [-0.4, -0.2) is 20.1 Å². The van der Waals surface area contributed by atoms with Crippen molar-refractivity contribution in [3.8, 4) is 11.5 Å². The van der Waals surface area contributed by atoms with Crippen molar-refractivity contribution in [2.24, 2.45) is 0 Å². The number of aryl methyl sites for hydroxylation is 2. The van der Waals surface area contributed by atoms with Crippen molar-refractivity contribution in [3.63, 3.8) is 0 Å². The van der Waals surface area contributed by atoms with Crippen LogP contribution in [0.15, 0.2) is 18.2 Å². The van der Waals surface area contributed by atoms with Crippen molar-refractivity contribution < 1.29 is 14.3 Å². The Morgan fingerprint density at radius 2 is 1.87 bits per heavy atom. The predicted molar refractivity (Wildman–Crippen MR) is 93.5 cm³/mol. The summed E-state index contributed by atoms with van der Waals surface area (Å²) in [5.41, 5.74) is 1.85. The number of rotatable bonds is 4. The van der Waals surface area contributed by atoms with E-state index >= 15 is 0 Å². The molecular weight excluding hydrogens is 334 g/mol. The number of anilines is 1. The Labute approximate surface area is 144 Å². The molecule has 1 aliphatic carbocycles. The van der Waals surface area contributed by atoms with Crippen molar-refractivity contribution in [3.05, 3.63) is 38.5 Å². The summed E-state index contributed by atoms with van der Waals surface area (Å²) in [5, 5.41) is 3.31. The van der Waals surface area contributed by atoms with Crippen molar-refractivity contribution in [1.29, 1.82) is 0 Å². The maximum Gasteiger partial charge on any atom is 0.265 e. The number of carbonyl (C=O) groups is 1. The van der Waals surface area contributed by atoms with Gasteiger partial charge < -0.3 is 14.8 Å². The smallest absolute Gasteiger partial charge is 0.265 e. The fourth-order valence-electron chi connectivity index (χ4n) is 2.74. The van der Waals surface area contributed by atoms with E-state index in [0.717, 1.165) is 17.7 Å². The average molecular weight is 352 g/mol. The number of benzene rings is 1. The third-order valence-corrected chi connectivity index (χ3v) is 5.47. The molecule has 0 unspecified atom stereocenters. The number of halogens is 1. The van der Waals surface area contributed by atoms with Crippen LogP contribution in [-0.2, 0) is 12.8 Å². The molecule has 0 saturated carbocycles. The Kier molecular flexibility index (Phi) is 4.78. The second-order valence-electron chi connectivity index (χ2n) is 5.41. The summed E-state index contributed by atoms with van der Waals surface area (Å²) in [6.07, 6.45) is 4.55. The number of amides is 1. The number of hydrogen-bond acceptors (Lipinski definition) is 4. The lowest BCUT2D eigenvalue weighted by molar-refractivity contribution is 0.103. The van der Waals surface area contributed by atoms with E-state index in [1.54, 1.807) is 30.6 Å². The van der Waals surface area contributed by atoms with Gasteiger partial charge in [0.2, 0.25) is 0 Å². The Morgan fingerprint density at radius 3 is 2.57 bits per heavy atom. The van der Waals surface area contributed by atoms with Crippen LogP contribution in [0.25, 0.3) is 0 Å². The van der Waals surface area contributed by atoms with Gasteiger partial charge in [0, 0.05) is 10.9 Å². The molecule has 0 spiro atoms. The summed E-state index contributed by atoms with van der Waals surface area (Å²) < 4.78 is 10.5. The second-order valence-corrected chi connectivity index (χ2v) is 6.95. The highest BCUT2D eigenvalue weighted by molar-refractivity contribution is 7.14. The van der Waals surface area contributed by atoms with E-state index < -0.39 is 0 Å². The van der Waals surface area contributed by atoms with E-state index in [9.17, 15) is 4.79 Å². The van der Waals surface area contributed by atoms with Crippen LogP contribution in [0.2, 0.25) is 5.02 Å². The van der Waals surface area contributed by atoms with Crippen molar-refractivity contribution in [2.45, 2.75) is 25.7 Å². The van der Waals surface area contributed by atoms with Gasteiger partial charge in [-0.1, -0.05) is 11.6 Å². The monoisotopic (exact) mass is 351 g/mol. The molecule has 1 heterocycles. The molecule has 0 aliphatic heterocycles. The number of thiophene rings is 1. The normalized spacial score (nSPS) is 13.3. The van der Waals surface area contributed by atoms with E-state index in [1.165, 1.54) is 30.4 Å².